The van der Waals surface area contributed by atoms with E-state index >= 15 is 0 Å². The van der Waals surface area contributed by atoms with Gasteiger partial charge in [-0.15, -0.1) is 12.4 Å². The number of imide groups is 1. The lowest BCUT2D eigenvalue weighted by atomic mass is 9.91. The lowest BCUT2D eigenvalue weighted by Crippen LogP contribution is -2.43. The van der Waals surface area contributed by atoms with E-state index in [1.807, 2.05) is 0 Å². The number of benzene rings is 1. The molecule has 1 fully saturated rings. The molecule has 5 nitrogen and oxygen atoms in total. The second-order valence-corrected chi connectivity index (χ2v) is 6.35. The Hall–Kier alpha value is -1.43. The number of nitrogens with two attached hydrogens (primary N) is 1. The average molecular weight is 338 g/mol. The normalized spacial score (nSPS) is 20.3. The molecule has 126 valence electrons. The Morgan fingerprint density at radius 3 is 2.09 bits per heavy atom. The molecule has 2 heterocycles. The zero-order valence-corrected chi connectivity index (χ0v) is 14.2. The molecule has 0 saturated carbocycles. The third kappa shape index (κ3) is 3.57. The summed E-state index contributed by atoms with van der Waals surface area (Å²) < 4.78 is 0. The zero-order chi connectivity index (χ0) is 15.7. The fourth-order valence-electron chi connectivity index (χ4n) is 3.39. The van der Waals surface area contributed by atoms with E-state index in [1.165, 1.54) is 4.90 Å². The van der Waals surface area contributed by atoms with Crippen LogP contribution < -0.4 is 5.73 Å². The maximum absolute atomic E-state index is 12.3. The van der Waals surface area contributed by atoms with Gasteiger partial charge in [0.2, 0.25) is 0 Å². The quantitative estimate of drug-likeness (QED) is 0.850. The molecule has 2 aliphatic heterocycles. The Morgan fingerprint density at radius 2 is 1.61 bits per heavy atom. The largest absolute Gasteiger partial charge is 0.328 e. The average Bonchev–Trinajstić information content (AvgIpc) is 2.78. The van der Waals surface area contributed by atoms with Gasteiger partial charge in [-0.25, -0.2) is 0 Å². The van der Waals surface area contributed by atoms with Crippen LogP contribution in [0.5, 0.6) is 0 Å². The van der Waals surface area contributed by atoms with Crippen LogP contribution in [0.15, 0.2) is 24.3 Å². The summed E-state index contributed by atoms with van der Waals surface area (Å²) in [6.45, 7) is 5.27. The maximum Gasteiger partial charge on any atom is 0.261 e. The zero-order valence-electron chi connectivity index (χ0n) is 13.4. The van der Waals surface area contributed by atoms with E-state index in [0.29, 0.717) is 23.6 Å². The number of nitrogens with zero attached hydrogens (tertiary/aromatic N) is 2. The number of amides is 2. The molecule has 1 aromatic carbocycles. The molecule has 0 aromatic heterocycles. The Bertz CT molecular complexity index is 548. The minimum Gasteiger partial charge on any atom is -0.328 e. The third-order valence-corrected chi connectivity index (χ3v) is 4.89. The van der Waals surface area contributed by atoms with Gasteiger partial charge in [0.15, 0.2) is 0 Å². The number of likely N-dealkylation sites (tertiary alicyclic amines) is 1. The molecule has 0 radical (unpaired) electrons. The van der Waals surface area contributed by atoms with Gasteiger partial charge in [-0.1, -0.05) is 12.1 Å². The fourth-order valence-corrected chi connectivity index (χ4v) is 3.39. The van der Waals surface area contributed by atoms with Crippen LogP contribution in [0.3, 0.4) is 0 Å². The van der Waals surface area contributed by atoms with Crippen LogP contribution in [0, 0.1) is 5.92 Å². The van der Waals surface area contributed by atoms with Crippen molar-refractivity contribution >= 4 is 24.2 Å². The number of piperidine rings is 1. The fraction of sp³-hybridized carbons (Fsp3) is 0.529. The van der Waals surface area contributed by atoms with Crippen LogP contribution in [0.4, 0.5) is 0 Å². The molecule has 2 N–H and O–H groups in total. The molecule has 2 amide bonds. The van der Waals surface area contributed by atoms with E-state index in [-0.39, 0.29) is 30.3 Å². The number of fused-ring (bicyclic) bond motifs is 1. The molecule has 2 aliphatic rings. The molecular formula is C17H24ClN3O2. The van der Waals surface area contributed by atoms with Crippen molar-refractivity contribution in [3.05, 3.63) is 35.4 Å². The van der Waals surface area contributed by atoms with E-state index < -0.39 is 0 Å². The van der Waals surface area contributed by atoms with E-state index in [4.69, 9.17) is 5.73 Å². The molecule has 0 bridgehead atoms. The Labute approximate surface area is 143 Å². The minimum absolute atomic E-state index is 0. The molecule has 1 aromatic rings. The summed E-state index contributed by atoms with van der Waals surface area (Å²) in [6, 6.07) is 7.30. The topological polar surface area (TPSA) is 66.6 Å². The highest BCUT2D eigenvalue weighted by atomic mass is 35.5. The van der Waals surface area contributed by atoms with Crippen molar-refractivity contribution in [2.75, 3.05) is 26.2 Å². The summed E-state index contributed by atoms with van der Waals surface area (Å²) in [5.74, 6) is 0.271. The van der Waals surface area contributed by atoms with Crippen molar-refractivity contribution in [1.82, 2.24) is 9.80 Å². The molecule has 1 saturated heterocycles. The van der Waals surface area contributed by atoms with Crippen molar-refractivity contribution in [1.29, 1.82) is 0 Å². The molecule has 1 unspecified atom stereocenters. The summed E-state index contributed by atoms with van der Waals surface area (Å²) in [4.78, 5) is 28.3. The number of hydrogen-bond acceptors (Lipinski definition) is 4. The van der Waals surface area contributed by atoms with Gasteiger partial charge in [0.05, 0.1) is 11.1 Å². The smallest absolute Gasteiger partial charge is 0.261 e. The first-order chi connectivity index (χ1) is 10.6. The molecule has 0 aliphatic carbocycles. The van der Waals surface area contributed by atoms with E-state index in [0.717, 1.165) is 32.5 Å². The molecule has 23 heavy (non-hydrogen) atoms. The van der Waals surface area contributed by atoms with Crippen molar-refractivity contribution in [2.45, 2.75) is 25.8 Å². The molecule has 3 rings (SSSR count). The molecule has 6 heteroatoms. The lowest BCUT2D eigenvalue weighted by molar-refractivity contribution is 0.0624. The van der Waals surface area contributed by atoms with Gasteiger partial charge in [0.1, 0.15) is 0 Å². The third-order valence-electron chi connectivity index (χ3n) is 4.89. The van der Waals surface area contributed by atoms with Gasteiger partial charge < -0.3 is 10.6 Å². The highest BCUT2D eigenvalue weighted by molar-refractivity contribution is 6.21. The molecular weight excluding hydrogens is 314 g/mol. The maximum atomic E-state index is 12.3. The molecule has 0 spiro atoms. The number of rotatable bonds is 4. The molecule has 1 atom stereocenters. The number of carbonyl (C=O) groups is 2. The predicted molar refractivity (Wildman–Crippen MR) is 91.9 cm³/mol. The van der Waals surface area contributed by atoms with Crippen LogP contribution in [0.25, 0.3) is 0 Å². The van der Waals surface area contributed by atoms with Crippen molar-refractivity contribution < 1.29 is 9.59 Å². The van der Waals surface area contributed by atoms with Crippen molar-refractivity contribution in [2.24, 2.45) is 11.7 Å². The van der Waals surface area contributed by atoms with E-state index in [2.05, 4.69) is 11.8 Å². The standard InChI is InChI=1S/C17H23N3O2.ClH/c1-12(18)13-6-8-19(9-7-13)10-11-20-16(21)14-4-2-3-5-15(14)17(20)22;/h2-5,12-13H,6-11,18H2,1H3;1H. The first kappa shape index (κ1) is 17.9. The second-order valence-electron chi connectivity index (χ2n) is 6.35. The first-order valence-electron chi connectivity index (χ1n) is 8.01. The monoisotopic (exact) mass is 337 g/mol. The van der Waals surface area contributed by atoms with E-state index in [1.54, 1.807) is 24.3 Å². The van der Waals surface area contributed by atoms with Gasteiger partial charge in [-0.05, 0) is 50.9 Å². The van der Waals surface area contributed by atoms with Crippen LogP contribution in [0.2, 0.25) is 0 Å². The highest BCUT2D eigenvalue weighted by Gasteiger charge is 2.35. The Morgan fingerprint density at radius 1 is 1.09 bits per heavy atom. The van der Waals surface area contributed by atoms with Crippen molar-refractivity contribution in [3.63, 3.8) is 0 Å². The predicted octanol–water partition coefficient (Wildman–Crippen LogP) is 1.76. The van der Waals surface area contributed by atoms with Crippen LogP contribution >= 0.6 is 12.4 Å². The van der Waals surface area contributed by atoms with Gasteiger partial charge in [-0.2, -0.15) is 0 Å². The van der Waals surface area contributed by atoms with E-state index in [9.17, 15) is 9.59 Å². The number of halogens is 1. The SMILES string of the molecule is CC(N)C1CCN(CCN2C(=O)c3ccccc3C2=O)CC1.Cl. The summed E-state index contributed by atoms with van der Waals surface area (Å²) in [6.07, 6.45) is 2.19. The number of hydrogen-bond donors (Lipinski definition) is 1. The lowest BCUT2D eigenvalue weighted by Gasteiger charge is -2.34. The van der Waals surface area contributed by atoms with Gasteiger partial charge >= 0.3 is 0 Å². The summed E-state index contributed by atoms with van der Waals surface area (Å²) >= 11 is 0. The highest BCUT2D eigenvalue weighted by Crippen LogP contribution is 2.23. The van der Waals surface area contributed by atoms with Crippen LogP contribution in [-0.2, 0) is 0 Å². The minimum atomic E-state index is -0.161. The Kier molecular flexibility index (Phi) is 5.79. The Balaban J connectivity index is 0.00000192. The van der Waals surface area contributed by atoms with Crippen LogP contribution in [-0.4, -0.2) is 53.8 Å². The van der Waals surface area contributed by atoms with Gasteiger partial charge in [-0.3, -0.25) is 14.5 Å². The van der Waals surface area contributed by atoms with Crippen molar-refractivity contribution in [3.8, 4) is 0 Å². The van der Waals surface area contributed by atoms with Gasteiger partial charge in [0.25, 0.3) is 11.8 Å². The number of carbonyl (C=O) groups excluding carboxylic acids is 2. The second kappa shape index (κ2) is 7.43. The summed E-state index contributed by atoms with van der Waals surface area (Å²) in [7, 11) is 0. The van der Waals surface area contributed by atoms with Gasteiger partial charge in [0, 0.05) is 19.1 Å². The first-order valence-corrected chi connectivity index (χ1v) is 8.01. The van der Waals surface area contributed by atoms with Crippen LogP contribution in [0.1, 0.15) is 40.5 Å². The summed E-state index contributed by atoms with van der Waals surface area (Å²) in [5.41, 5.74) is 7.02. The summed E-state index contributed by atoms with van der Waals surface area (Å²) in [5, 5.41) is 0.